The van der Waals surface area contributed by atoms with Crippen molar-refractivity contribution in [3.8, 4) is 0 Å². The van der Waals surface area contributed by atoms with Gasteiger partial charge in [-0.05, 0) is 32.3 Å². The van der Waals surface area contributed by atoms with Crippen molar-refractivity contribution >= 4 is 23.2 Å². The molecule has 102 valence electrons. The third-order valence-electron chi connectivity index (χ3n) is 3.72. The zero-order valence-corrected chi connectivity index (χ0v) is 11.9. The predicted octanol–water partition coefficient (Wildman–Crippen LogP) is 1.07. The molecule has 2 fully saturated rings. The van der Waals surface area contributed by atoms with Crippen LogP contribution in [0.25, 0.3) is 0 Å². The zero-order chi connectivity index (χ0) is 13.4. The summed E-state index contributed by atoms with van der Waals surface area (Å²) in [7, 11) is 0. The molecule has 6 heteroatoms. The molecule has 3 N–H and O–H groups in total. The van der Waals surface area contributed by atoms with Crippen LogP contribution >= 0.6 is 12.2 Å². The molecule has 2 heterocycles. The van der Waals surface area contributed by atoms with Gasteiger partial charge in [-0.25, -0.2) is 9.97 Å². The Kier molecular flexibility index (Phi) is 3.36. The molecule has 0 amide bonds. The standard InChI is InChI=1S/C13H19N5S/c1-8-6-11(12(14)19)17-13(15-8)16-9-4-5-18(7-9)10-2-3-10/h6,9-10H,2-5,7H2,1H3,(H2,14,19)(H,15,16,17). The Morgan fingerprint density at radius 2 is 2.21 bits per heavy atom. The third kappa shape index (κ3) is 3.01. The number of rotatable bonds is 4. The molecule has 1 aromatic rings. The topological polar surface area (TPSA) is 67.1 Å². The Morgan fingerprint density at radius 3 is 2.89 bits per heavy atom. The van der Waals surface area contributed by atoms with Crippen molar-refractivity contribution in [3.63, 3.8) is 0 Å². The summed E-state index contributed by atoms with van der Waals surface area (Å²) in [6.45, 7) is 4.19. The van der Waals surface area contributed by atoms with Crippen LogP contribution in [0.2, 0.25) is 0 Å². The number of nitrogens with one attached hydrogen (secondary N) is 1. The summed E-state index contributed by atoms with van der Waals surface area (Å²) in [6, 6.07) is 3.08. The average Bonchev–Trinajstić information content (AvgIpc) is 3.10. The van der Waals surface area contributed by atoms with E-state index in [0.717, 1.165) is 24.7 Å². The highest BCUT2D eigenvalue weighted by molar-refractivity contribution is 7.80. The lowest BCUT2D eigenvalue weighted by molar-refractivity contribution is 0.326. The molecule has 19 heavy (non-hydrogen) atoms. The largest absolute Gasteiger partial charge is 0.388 e. The second-order valence-electron chi connectivity index (χ2n) is 5.44. The number of likely N-dealkylation sites (tertiary alicyclic amines) is 1. The van der Waals surface area contributed by atoms with Crippen molar-refractivity contribution in [2.45, 2.75) is 38.3 Å². The molecule has 0 radical (unpaired) electrons. The van der Waals surface area contributed by atoms with Gasteiger partial charge in [-0.15, -0.1) is 0 Å². The molecule has 2 aliphatic rings. The first-order valence-corrected chi connectivity index (χ1v) is 7.19. The highest BCUT2D eigenvalue weighted by Crippen LogP contribution is 2.30. The number of nitrogens with two attached hydrogens (primary N) is 1. The minimum atomic E-state index is 0.319. The van der Waals surface area contributed by atoms with Crippen LogP contribution in [0.15, 0.2) is 6.07 Å². The smallest absolute Gasteiger partial charge is 0.223 e. The molecule has 1 saturated heterocycles. The Labute approximate surface area is 118 Å². The molecule has 1 aromatic heterocycles. The van der Waals surface area contributed by atoms with Crippen molar-refractivity contribution in [2.24, 2.45) is 5.73 Å². The maximum atomic E-state index is 5.63. The number of aromatic nitrogens is 2. The van der Waals surface area contributed by atoms with Gasteiger partial charge in [0.1, 0.15) is 10.7 Å². The van der Waals surface area contributed by atoms with E-state index in [1.807, 2.05) is 13.0 Å². The summed E-state index contributed by atoms with van der Waals surface area (Å²) in [5, 5.41) is 3.41. The number of thiocarbonyl (C=S) groups is 1. The molecule has 0 bridgehead atoms. The van der Waals surface area contributed by atoms with Crippen LogP contribution in [-0.4, -0.2) is 45.0 Å². The first kappa shape index (κ1) is 12.7. The van der Waals surface area contributed by atoms with Gasteiger partial charge in [0.2, 0.25) is 5.95 Å². The SMILES string of the molecule is Cc1cc(C(N)=S)nc(NC2CCN(C3CC3)C2)n1. The maximum absolute atomic E-state index is 5.63. The lowest BCUT2D eigenvalue weighted by atomic mass is 10.2. The summed E-state index contributed by atoms with van der Waals surface area (Å²) in [4.78, 5) is 11.7. The fourth-order valence-corrected chi connectivity index (χ4v) is 2.72. The highest BCUT2D eigenvalue weighted by atomic mass is 32.1. The highest BCUT2D eigenvalue weighted by Gasteiger charge is 2.34. The van der Waals surface area contributed by atoms with Crippen molar-refractivity contribution in [1.29, 1.82) is 0 Å². The van der Waals surface area contributed by atoms with Crippen LogP contribution in [0.4, 0.5) is 5.95 Å². The van der Waals surface area contributed by atoms with Crippen LogP contribution < -0.4 is 11.1 Å². The third-order valence-corrected chi connectivity index (χ3v) is 3.93. The fourth-order valence-electron chi connectivity index (χ4n) is 2.62. The molecule has 1 saturated carbocycles. The van der Waals surface area contributed by atoms with Crippen molar-refractivity contribution in [3.05, 3.63) is 17.5 Å². The van der Waals surface area contributed by atoms with Crippen molar-refractivity contribution in [1.82, 2.24) is 14.9 Å². The van der Waals surface area contributed by atoms with E-state index in [9.17, 15) is 0 Å². The first-order chi connectivity index (χ1) is 9.11. The zero-order valence-electron chi connectivity index (χ0n) is 11.1. The summed E-state index contributed by atoms with van der Waals surface area (Å²) < 4.78 is 0. The van der Waals surface area contributed by atoms with Gasteiger partial charge in [0, 0.05) is 30.9 Å². The quantitative estimate of drug-likeness (QED) is 0.803. The second kappa shape index (κ2) is 5.02. The molecule has 3 rings (SSSR count). The molecule has 0 spiro atoms. The van der Waals surface area contributed by atoms with Gasteiger partial charge >= 0.3 is 0 Å². The molecular formula is C13H19N5S. The van der Waals surface area contributed by atoms with Crippen LogP contribution in [0.1, 0.15) is 30.7 Å². The maximum Gasteiger partial charge on any atom is 0.223 e. The number of hydrogen-bond donors (Lipinski definition) is 2. The van der Waals surface area contributed by atoms with E-state index in [-0.39, 0.29) is 0 Å². The van der Waals surface area contributed by atoms with Gasteiger partial charge in [0.15, 0.2) is 0 Å². The number of hydrogen-bond acceptors (Lipinski definition) is 5. The Balaban J connectivity index is 1.67. The molecule has 5 nitrogen and oxygen atoms in total. The van der Waals surface area contributed by atoms with E-state index in [2.05, 4.69) is 20.2 Å². The lowest BCUT2D eigenvalue weighted by Gasteiger charge is -2.16. The molecule has 0 aromatic carbocycles. The normalized spacial score (nSPS) is 23.5. The summed E-state index contributed by atoms with van der Waals surface area (Å²) in [6.07, 6.45) is 3.87. The van der Waals surface area contributed by atoms with Gasteiger partial charge in [-0.1, -0.05) is 12.2 Å². The Hall–Kier alpha value is -1.27. The van der Waals surface area contributed by atoms with Gasteiger partial charge < -0.3 is 11.1 Å². The number of nitrogens with zero attached hydrogens (tertiary/aromatic N) is 3. The van der Waals surface area contributed by atoms with Crippen molar-refractivity contribution in [2.75, 3.05) is 18.4 Å². The fraction of sp³-hybridized carbons (Fsp3) is 0.615. The van der Waals surface area contributed by atoms with E-state index >= 15 is 0 Å². The number of aryl methyl sites for hydroxylation is 1. The van der Waals surface area contributed by atoms with Crippen LogP contribution in [0.5, 0.6) is 0 Å². The first-order valence-electron chi connectivity index (χ1n) is 6.78. The minimum Gasteiger partial charge on any atom is -0.388 e. The molecule has 1 unspecified atom stereocenters. The van der Waals surface area contributed by atoms with Gasteiger partial charge in [-0.2, -0.15) is 0 Å². The van der Waals surface area contributed by atoms with Gasteiger partial charge in [-0.3, -0.25) is 4.90 Å². The summed E-state index contributed by atoms with van der Waals surface area (Å²) >= 11 is 4.98. The van der Waals surface area contributed by atoms with E-state index in [1.54, 1.807) is 0 Å². The number of anilines is 1. The summed E-state index contributed by atoms with van der Waals surface area (Å²) in [5.74, 6) is 0.644. The molecular weight excluding hydrogens is 258 g/mol. The summed E-state index contributed by atoms with van der Waals surface area (Å²) in [5.41, 5.74) is 7.16. The monoisotopic (exact) mass is 277 g/mol. The predicted molar refractivity (Wildman–Crippen MR) is 79.3 cm³/mol. The van der Waals surface area contributed by atoms with E-state index in [1.165, 1.54) is 19.4 Å². The Morgan fingerprint density at radius 1 is 1.42 bits per heavy atom. The lowest BCUT2D eigenvalue weighted by Crippen LogP contribution is -2.28. The van der Waals surface area contributed by atoms with Gasteiger partial charge in [0.05, 0.1) is 0 Å². The second-order valence-corrected chi connectivity index (χ2v) is 5.88. The van der Waals surface area contributed by atoms with Crippen LogP contribution in [-0.2, 0) is 0 Å². The van der Waals surface area contributed by atoms with Gasteiger partial charge in [0.25, 0.3) is 0 Å². The van der Waals surface area contributed by atoms with Crippen molar-refractivity contribution < 1.29 is 0 Å². The molecule has 1 aliphatic heterocycles. The van der Waals surface area contributed by atoms with Crippen LogP contribution in [0, 0.1) is 6.92 Å². The van der Waals surface area contributed by atoms with E-state index in [0.29, 0.717) is 22.7 Å². The molecule has 1 aliphatic carbocycles. The van der Waals surface area contributed by atoms with E-state index < -0.39 is 0 Å². The minimum absolute atomic E-state index is 0.319. The van der Waals surface area contributed by atoms with E-state index in [4.69, 9.17) is 18.0 Å². The van der Waals surface area contributed by atoms with Crippen LogP contribution in [0.3, 0.4) is 0 Å². The Bertz CT molecular complexity index is 500. The average molecular weight is 277 g/mol. The molecule has 1 atom stereocenters.